The summed E-state index contributed by atoms with van der Waals surface area (Å²) in [4.78, 5) is 24.8. The minimum Gasteiger partial charge on any atom is -0.490 e. The number of fused-ring (bicyclic) bond motifs is 1. The van der Waals surface area contributed by atoms with Crippen molar-refractivity contribution >= 4 is 34.8 Å². The van der Waals surface area contributed by atoms with Crippen molar-refractivity contribution in [1.29, 1.82) is 0 Å². The standard InChI is InChI=1S/C23H21ClN2O5/c24-16-6-7-17(18(14-16)26-23(28)20-3-1-10-30-20)25-22(27)9-5-15-4-8-19-21(13-15)31-12-2-11-29-19/h1,3-4,6-8,10,13-14H,2,5,9,11-12H2,(H,25,27)(H,26,28). The molecule has 0 bridgehead atoms. The van der Waals surface area contributed by atoms with Crippen molar-refractivity contribution in [2.75, 3.05) is 23.8 Å². The number of amides is 2. The summed E-state index contributed by atoms with van der Waals surface area (Å²) in [6.45, 7) is 1.24. The Morgan fingerprint density at radius 1 is 0.935 bits per heavy atom. The van der Waals surface area contributed by atoms with Gasteiger partial charge in [0.05, 0.1) is 30.9 Å². The molecule has 160 valence electrons. The van der Waals surface area contributed by atoms with E-state index in [4.69, 9.17) is 25.5 Å². The number of hydrogen-bond donors (Lipinski definition) is 2. The molecular formula is C23H21ClN2O5. The molecule has 0 spiro atoms. The van der Waals surface area contributed by atoms with Crippen LogP contribution in [-0.2, 0) is 11.2 Å². The maximum Gasteiger partial charge on any atom is 0.291 e. The molecule has 1 aliphatic heterocycles. The molecule has 0 fully saturated rings. The average molecular weight is 441 g/mol. The first kappa shape index (κ1) is 20.8. The Hall–Kier alpha value is -3.45. The van der Waals surface area contributed by atoms with E-state index in [9.17, 15) is 9.59 Å². The number of hydrogen-bond acceptors (Lipinski definition) is 5. The quantitative estimate of drug-likeness (QED) is 0.568. The number of aryl methyl sites for hydroxylation is 1. The fraction of sp³-hybridized carbons (Fsp3) is 0.217. The molecule has 0 aliphatic carbocycles. The number of rotatable bonds is 6. The average Bonchev–Trinajstić information content (AvgIpc) is 3.20. The summed E-state index contributed by atoms with van der Waals surface area (Å²) < 4.78 is 16.4. The summed E-state index contributed by atoms with van der Waals surface area (Å²) in [5, 5.41) is 5.97. The highest BCUT2D eigenvalue weighted by Gasteiger charge is 2.15. The predicted octanol–water partition coefficient (Wildman–Crippen LogP) is 4.92. The largest absolute Gasteiger partial charge is 0.490 e. The number of anilines is 2. The molecule has 2 heterocycles. The first-order valence-electron chi connectivity index (χ1n) is 9.91. The second kappa shape index (κ2) is 9.57. The van der Waals surface area contributed by atoms with E-state index in [1.165, 1.54) is 6.26 Å². The Kier molecular flexibility index (Phi) is 6.43. The summed E-state index contributed by atoms with van der Waals surface area (Å²) >= 11 is 6.06. The van der Waals surface area contributed by atoms with Crippen LogP contribution >= 0.6 is 11.6 Å². The first-order valence-corrected chi connectivity index (χ1v) is 10.3. The van der Waals surface area contributed by atoms with Gasteiger partial charge in [-0.15, -0.1) is 0 Å². The van der Waals surface area contributed by atoms with Gasteiger partial charge >= 0.3 is 0 Å². The summed E-state index contributed by atoms with van der Waals surface area (Å²) in [5.41, 5.74) is 1.81. The molecule has 0 radical (unpaired) electrons. The molecular weight excluding hydrogens is 420 g/mol. The van der Waals surface area contributed by atoms with Crippen molar-refractivity contribution in [3.63, 3.8) is 0 Å². The third kappa shape index (κ3) is 5.38. The van der Waals surface area contributed by atoms with Gasteiger partial charge in [0.15, 0.2) is 17.3 Å². The van der Waals surface area contributed by atoms with Gasteiger partial charge in [-0.2, -0.15) is 0 Å². The molecule has 4 rings (SSSR count). The van der Waals surface area contributed by atoms with E-state index in [-0.39, 0.29) is 18.1 Å². The highest BCUT2D eigenvalue weighted by Crippen LogP contribution is 2.31. The van der Waals surface area contributed by atoms with Crippen LogP contribution in [-0.4, -0.2) is 25.0 Å². The Morgan fingerprint density at radius 3 is 2.58 bits per heavy atom. The maximum absolute atomic E-state index is 12.5. The van der Waals surface area contributed by atoms with E-state index in [1.807, 2.05) is 18.2 Å². The van der Waals surface area contributed by atoms with Crippen LogP contribution in [0.25, 0.3) is 0 Å². The Balaban J connectivity index is 1.39. The maximum atomic E-state index is 12.5. The van der Waals surface area contributed by atoms with Gasteiger partial charge in [-0.05, 0) is 54.4 Å². The van der Waals surface area contributed by atoms with E-state index >= 15 is 0 Å². The summed E-state index contributed by atoms with van der Waals surface area (Å²) in [7, 11) is 0. The first-order chi connectivity index (χ1) is 15.1. The number of ether oxygens (including phenoxy) is 2. The third-order valence-electron chi connectivity index (χ3n) is 4.70. The third-order valence-corrected chi connectivity index (χ3v) is 4.94. The number of nitrogens with one attached hydrogen (secondary N) is 2. The molecule has 1 aromatic heterocycles. The molecule has 31 heavy (non-hydrogen) atoms. The van der Waals surface area contributed by atoms with Gasteiger partial charge in [0.25, 0.3) is 5.91 Å². The fourth-order valence-electron chi connectivity index (χ4n) is 3.15. The normalized spacial score (nSPS) is 12.7. The van der Waals surface area contributed by atoms with Gasteiger partial charge in [0.1, 0.15) is 0 Å². The van der Waals surface area contributed by atoms with Crippen LogP contribution in [0.5, 0.6) is 11.5 Å². The van der Waals surface area contributed by atoms with E-state index < -0.39 is 5.91 Å². The number of carbonyl (C=O) groups is 2. The lowest BCUT2D eigenvalue weighted by Crippen LogP contribution is -2.16. The van der Waals surface area contributed by atoms with Crippen LogP contribution in [0.4, 0.5) is 11.4 Å². The van der Waals surface area contributed by atoms with E-state index in [0.717, 1.165) is 17.7 Å². The zero-order valence-corrected chi connectivity index (χ0v) is 17.4. The molecule has 0 saturated heterocycles. The zero-order valence-electron chi connectivity index (χ0n) is 16.7. The van der Waals surface area contributed by atoms with Crippen LogP contribution in [0.3, 0.4) is 0 Å². The van der Waals surface area contributed by atoms with Crippen molar-refractivity contribution in [2.45, 2.75) is 19.3 Å². The van der Waals surface area contributed by atoms with E-state index in [1.54, 1.807) is 30.3 Å². The van der Waals surface area contributed by atoms with Crippen LogP contribution in [0.2, 0.25) is 5.02 Å². The minimum absolute atomic E-state index is 0.159. The predicted molar refractivity (Wildman–Crippen MR) is 117 cm³/mol. The number of halogens is 1. The molecule has 3 aromatic rings. The van der Waals surface area contributed by atoms with Crippen molar-refractivity contribution < 1.29 is 23.5 Å². The Morgan fingerprint density at radius 2 is 1.77 bits per heavy atom. The fourth-order valence-corrected chi connectivity index (χ4v) is 3.33. The number of carbonyl (C=O) groups excluding carboxylic acids is 2. The SMILES string of the molecule is O=C(CCc1ccc2c(c1)OCCCO2)Nc1ccc(Cl)cc1NC(=O)c1ccco1. The Labute approximate surface area is 184 Å². The summed E-state index contributed by atoms with van der Waals surface area (Å²) in [6.07, 6.45) is 3.04. The summed E-state index contributed by atoms with van der Waals surface area (Å²) in [5.74, 6) is 0.962. The van der Waals surface area contributed by atoms with Gasteiger partial charge in [-0.1, -0.05) is 17.7 Å². The number of benzene rings is 2. The second-order valence-electron chi connectivity index (χ2n) is 7.00. The van der Waals surface area contributed by atoms with Crippen molar-refractivity contribution in [1.82, 2.24) is 0 Å². The molecule has 2 amide bonds. The van der Waals surface area contributed by atoms with E-state index in [0.29, 0.717) is 41.8 Å². The lowest BCUT2D eigenvalue weighted by atomic mass is 10.1. The lowest BCUT2D eigenvalue weighted by Gasteiger charge is -2.13. The molecule has 0 atom stereocenters. The minimum atomic E-state index is -0.435. The van der Waals surface area contributed by atoms with Gasteiger partial charge in [-0.3, -0.25) is 9.59 Å². The topological polar surface area (TPSA) is 89.8 Å². The van der Waals surface area contributed by atoms with Gasteiger partial charge in [0.2, 0.25) is 5.91 Å². The molecule has 1 aliphatic rings. The molecule has 8 heteroatoms. The zero-order chi connectivity index (χ0) is 21.6. The van der Waals surface area contributed by atoms with Crippen molar-refractivity contribution in [3.8, 4) is 11.5 Å². The monoisotopic (exact) mass is 440 g/mol. The summed E-state index contributed by atoms with van der Waals surface area (Å²) in [6, 6.07) is 13.7. The van der Waals surface area contributed by atoms with Crippen LogP contribution < -0.4 is 20.1 Å². The number of furan rings is 1. The van der Waals surface area contributed by atoms with E-state index in [2.05, 4.69) is 10.6 Å². The van der Waals surface area contributed by atoms with Crippen molar-refractivity contribution in [3.05, 3.63) is 71.1 Å². The van der Waals surface area contributed by atoms with Crippen LogP contribution in [0.15, 0.2) is 59.2 Å². The van der Waals surface area contributed by atoms with Gasteiger partial charge < -0.3 is 24.5 Å². The highest BCUT2D eigenvalue weighted by molar-refractivity contribution is 6.31. The molecule has 0 saturated carbocycles. The van der Waals surface area contributed by atoms with Crippen molar-refractivity contribution in [2.24, 2.45) is 0 Å². The molecule has 2 aromatic carbocycles. The highest BCUT2D eigenvalue weighted by atomic mass is 35.5. The smallest absolute Gasteiger partial charge is 0.291 e. The second-order valence-corrected chi connectivity index (χ2v) is 7.44. The van der Waals surface area contributed by atoms with Gasteiger partial charge in [0, 0.05) is 17.9 Å². The molecule has 2 N–H and O–H groups in total. The molecule has 0 unspecified atom stereocenters. The van der Waals surface area contributed by atoms with Crippen LogP contribution in [0, 0.1) is 0 Å². The Bertz CT molecular complexity index is 1080. The molecule has 7 nitrogen and oxygen atoms in total. The lowest BCUT2D eigenvalue weighted by molar-refractivity contribution is -0.116. The van der Waals surface area contributed by atoms with Gasteiger partial charge in [-0.25, -0.2) is 0 Å². The van der Waals surface area contributed by atoms with Crippen LogP contribution in [0.1, 0.15) is 29.0 Å².